The molecule has 0 atom stereocenters. The highest BCUT2D eigenvalue weighted by atomic mass is 16.5. The van der Waals surface area contributed by atoms with Crippen LogP contribution < -0.4 is 20.7 Å². The first-order valence-corrected chi connectivity index (χ1v) is 6.75. The summed E-state index contributed by atoms with van der Waals surface area (Å²) >= 11 is 0. The Morgan fingerprint density at radius 1 is 1.45 bits per heavy atom. The highest BCUT2D eigenvalue weighted by Gasteiger charge is 2.27. The first kappa shape index (κ1) is 12.8. The lowest BCUT2D eigenvalue weighted by molar-refractivity contribution is -0.122. The molecule has 0 spiro atoms. The number of fused-ring (bicyclic) bond motifs is 1. The lowest BCUT2D eigenvalue weighted by Crippen LogP contribution is -2.41. The second-order valence-corrected chi connectivity index (χ2v) is 5.15. The summed E-state index contributed by atoms with van der Waals surface area (Å²) in [6.07, 6.45) is 2.40. The third kappa shape index (κ3) is 2.68. The van der Waals surface area contributed by atoms with E-state index in [1.807, 2.05) is 0 Å². The molecule has 106 valence electrons. The van der Waals surface area contributed by atoms with Crippen LogP contribution in [0.2, 0.25) is 0 Å². The van der Waals surface area contributed by atoms with Gasteiger partial charge in [0.1, 0.15) is 5.75 Å². The Labute approximate surface area is 116 Å². The van der Waals surface area contributed by atoms with Crippen molar-refractivity contribution >= 4 is 23.2 Å². The molecule has 3 rings (SSSR count). The molecule has 1 saturated carbocycles. The van der Waals surface area contributed by atoms with Crippen LogP contribution in [0, 0.1) is 0 Å². The number of hydrogen-bond acceptors (Lipinski definition) is 4. The molecule has 1 heterocycles. The number of anilines is 2. The number of hydrogen-bond donors (Lipinski definition) is 2. The van der Waals surface area contributed by atoms with Crippen molar-refractivity contribution in [3.63, 3.8) is 0 Å². The number of nitrogens with two attached hydrogens (primary N) is 1. The highest BCUT2D eigenvalue weighted by molar-refractivity contribution is 5.98. The Bertz CT molecular complexity index is 555. The fraction of sp³-hybridized carbons (Fsp3) is 0.429. The fourth-order valence-electron chi connectivity index (χ4n) is 2.21. The number of benzene rings is 1. The number of carbonyl (C=O) groups excluding carboxylic acids is 2. The zero-order chi connectivity index (χ0) is 14.1. The zero-order valence-corrected chi connectivity index (χ0v) is 11.1. The maximum Gasteiger partial charge on any atom is 0.265 e. The molecule has 1 aliphatic heterocycles. The van der Waals surface area contributed by atoms with Crippen LogP contribution in [-0.4, -0.2) is 31.0 Å². The minimum absolute atomic E-state index is 0.00115. The smallest absolute Gasteiger partial charge is 0.265 e. The second kappa shape index (κ2) is 5.03. The number of nitrogens with zero attached hydrogens (tertiary/aromatic N) is 1. The molecule has 0 radical (unpaired) electrons. The van der Waals surface area contributed by atoms with Gasteiger partial charge in [0, 0.05) is 24.7 Å². The summed E-state index contributed by atoms with van der Waals surface area (Å²) in [7, 11) is 0. The SMILES string of the molecule is Nc1ccc2c(c1)N(CCC(=O)NC1CC1)C(=O)CO2. The predicted molar refractivity (Wildman–Crippen MR) is 74.5 cm³/mol. The van der Waals surface area contributed by atoms with Crippen LogP contribution in [0.25, 0.3) is 0 Å². The summed E-state index contributed by atoms with van der Waals surface area (Å²) in [5.41, 5.74) is 6.95. The second-order valence-electron chi connectivity index (χ2n) is 5.15. The molecule has 20 heavy (non-hydrogen) atoms. The van der Waals surface area contributed by atoms with Gasteiger partial charge in [-0.3, -0.25) is 9.59 Å². The van der Waals surface area contributed by atoms with Gasteiger partial charge in [0.05, 0.1) is 5.69 Å². The van der Waals surface area contributed by atoms with Gasteiger partial charge < -0.3 is 20.7 Å². The Kier molecular flexibility index (Phi) is 3.22. The monoisotopic (exact) mass is 275 g/mol. The topological polar surface area (TPSA) is 84.7 Å². The van der Waals surface area contributed by atoms with Crippen LogP contribution in [0.15, 0.2) is 18.2 Å². The summed E-state index contributed by atoms with van der Waals surface area (Å²) in [6, 6.07) is 5.51. The van der Waals surface area contributed by atoms with Crippen molar-refractivity contribution in [3.05, 3.63) is 18.2 Å². The van der Waals surface area contributed by atoms with E-state index in [4.69, 9.17) is 10.5 Å². The average molecular weight is 275 g/mol. The van der Waals surface area contributed by atoms with Crippen molar-refractivity contribution in [2.24, 2.45) is 0 Å². The van der Waals surface area contributed by atoms with E-state index in [1.54, 1.807) is 23.1 Å². The van der Waals surface area contributed by atoms with Crippen molar-refractivity contribution in [1.29, 1.82) is 0 Å². The van der Waals surface area contributed by atoms with E-state index in [1.165, 1.54) is 0 Å². The van der Waals surface area contributed by atoms with Crippen LogP contribution in [0.1, 0.15) is 19.3 Å². The van der Waals surface area contributed by atoms with E-state index in [2.05, 4.69) is 5.32 Å². The quantitative estimate of drug-likeness (QED) is 0.791. The van der Waals surface area contributed by atoms with Crippen molar-refractivity contribution < 1.29 is 14.3 Å². The molecule has 1 aromatic rings. The Morgan fingerprint density at radius 2 is 2.25 bits per heavy atom. The van der Waals surface area contributed by atoms with Crippen molar-refractivity contribution in [3.8, 4) is 5.75 Å². The molecule has 0 bridgehead atoms. The van der Waals surface area contributed by atoms with Gasteiger partial charge in [-0.25, -0.2) is 0 Å². The van der Waals surface area contributed by atoms with E-state index in [0.717, 1.165) is 12.8 Å². The van der Waals surface area contributed by atoms with Gasteiger partial charge in [0.2, 0.25) is 5.91 Å². The molecular formula is C14H17N3O3. The van der Waals surface area contributed by atoms with E-state index in [-0.39, 0.29) is 24.8 Å². The molecule has 0 saturated heterocycles. The normalized spacial score (nSPS) is 17.4. The molecule has 6 nitrogen and oxygen atoms in total. The molecular weight excluding hydrogens is 258 g/mol. The Balaban J connectivity index is 1.69. The molecule has 6 heteroatoms. The van der Waals surface area contributed by atoms with E-state index in [9.17, 15) is 9.59 Å². The van der Waals surface area contributed by atoms with Gasteiger partial charge in [-0.1, -0.05) is 0 Å². The van der Waals surface area contributed by atoms with Crippen molar-refractivity contribution in [1.82, 2.24) is 5.32 Å². The molecule has 3 N–H and O–H groups in total. The average Bonchev–Trinajstić information content (AvgIpc) is 3.21. The van der Waals surface area contributed by atoms with Gasteiger partial charge >= 0.3 is 0 Å². The number of amides is 2. The summed E-state index contributed by atoms with van der Waals surface area (Å²) in [5.74, 6) is 0.459. The predicted octanol–water partition coefficient (Wildman–Crippen LogP) is 0.663. The Morgan fingerprint density at radius 3 is 3.00 bits per heavy atom. The molecule has 1 aromatic carbocycles. The fourth-order valence-corrected chi connectivity index (χ4v) is 2.21. The number of rotatable bonds is 4. The summed E-state index contributed by atoms with van der Waals surface area (Å²) in [4.78, 5) is 25.2. The number of ether oxygens (including phenoxy) is 1. The molecule has 1 aliphatic carbocycles. The molecule has 0 unspecified atom stereocenters. The third-order valence-corrected chi connectivity index (χ3v) is 3.43. The first-order chi connectivity index (χ1) is 9.63. The van der Waals surface area contributed by atoms with Crippen LogP contribution in [0.3, 0.4) is 0 Å². The van der Waals surface area contributed by atoms with Gasteiger partial charge in [-0.15, -0.1) is 0 Å². The summed E-state index contributed by atoms with van der Waals surface area (Å²) in [5, 5.41) is 2.91. The van der Waals surface area contributed by atoms with E-state index in [0.29, 0.717) is 29.7 Å². The highest BCUT2D eigenvalue weighted by Crippen LogP contribution is 2.33. The zero-order valence-electron chi connectivity index (χ0n) is 11.1. The van der Waals surface area contributed by atoms with Crippen LogP contribution in [0.5, 0.6) is 5.75 Å². The van der Waals surface area contributed by atoms with E-state index >= 15 is 0 Å². The van der Waals surface area contributed by atoms with E-state index < -0.39 is 0 Å². The third-order valence-electron chi connectivity index (χ3n) is 3.43. The molecule has 1 fully saturated rings. The van der Waals surface area contributed by atoms with Crippen LogP contribution >= 0.6 is 0 Å². The van der Waals surface area contributed by atoms with Crippen molar-refractivity contribution in [2.45, 2.75) is 25.3 Å². The minimum Gasteiger partial charge on any atom is -0.482 e. The standard InChI is InChI=1S/C14H17N3O3/c15-9-1-4-12-11(7-9)17(14(19)8-20-12)6-5-13(18)16-10-2-3-10/h1,4,7,10H,2-3,5-6,8,15H2,(H,16,18). The number of nitrogens with one attached hydrogen (secondary N) is 1. The lowest BCUT2D eigenvalue weighted by Gasteiger charge is -2.29. The largest absolute Gasteiger partial charge is 0.482 e. The lowest BCUT2D eigenvalue weighted by atomic mass is 10.2. The summed E-state index contributed by atoms with van der Waals surface area (Å²) < 4.78 is 5.36. The first-order valence-electron chi connectivity index (χ1n) is 6.75. The molecule has 2 aliphatic rings. The maximum absolute atomic E-state index is 11.9. The molecule has 2 amide bonds. The van der Waals surface area contributed by atoms with Gasteiger partial charge in [-0.2, -0.15) is 0 Å². The number of carbonyl (C=O) groups is 2. The Hall–Kier alpha value is -2.24. The summed E-state index contributed by atoms with van der Waals surface area (Å²) in [6.45, 7) is 0.346. The van der Waals surface area contributed by atoms with Crippen LogP contribution in [-0.2, 0) is 9.59 Å². The van der Waals surface area contributed by atoms with Gasteiger partial charge in [-0.05, 0) is 31.0 Å². The minimum atomic E-state index is -0.151. The maximum atomic E-state index is 11.9. The van der Waals surface area contributed by atoms with Gasteiger partial charge in [0.15, 0.2) is 6.61 Å². The van der Waals surface area contributed by atoms with Crippen LogP contribution in [0.4, 0.5) is 11.4 Å². The molecule has 0 aromatic heterocycles. The number of nitrogen functional groups attached to an aromatic ring is 1. The van der Waals surface area contributed by atoms with Crippen molar-refractivity contribution in [2.75, 3.05) is 23.8 Å². The van der Waals surface area contributed by atoms with Gasteiger partial charge in [0.25, 0.3) is 5.91 Å².